The van der Waals surface area contributed by atoms with Gasteiger partial charge in [0, 0.05) is 35.5 Å². The molecular formula is C27H23ClFN5O3. The quantitative estimate of drug-likeness (QED) is 0.223. The molecule has 10 heteroatoms. The number of hydrogen-bond donors (Lipinski definition) is 3. The second-order valence-corrected chi connectivity index (χ2v) is 9.13. The lowest BCUT2D eigenvalue weighted by Gasteiger charge is -2.25. The summed E-state index contributed by atoms with van der Waals surface area (Å²) >= 11 is 6.03. The number of anilines is 1. The summed E-state index contributed by atoms with van der Waals surface area (Å²) in [5.74, 6) is -0.769. The van der Waals surface area contributed by atoms with E-state index in [1.165, 1.54) is 23.0 Å². The maximum absolute atomic E-state index is 14.0. The molecule has 2 heterocycles. The summed E-state index contributed by atoms with van der Waals surface area (Å²) in [6.07, 6.45) is 4.37. The summed E-state index contributed by atoms with van der Waals surface area (Å²) in [5.41, 5.74) is 2.40. The Labute approximate surface area is 217 Å². The number of nitrogens with zero attached hydrogens (tertiary/aromatic N) is 3. The first-order valence-electron chi connectivity index (χ1n) is 11.8. The van der Waals surface area contributed by atoms with E-state index in [0.717, 1.165) is 19.3 Å². The van der Waals surface area contributed by atoms with Gasteiger partial charge in [0.2, 0.25) is 0 Å². The van der Waals surface area contributed by atoms with Crippen LogP contribution in [-0.4, -0.2) is 31.8 Å². The second kappa shape index (κ2) is 10.4. The van der Waals surface area contributed by atoms with E-state index in [4.69, 9.17) is 11.6 Å². The van der Waals surface area contributed by atoms with Crippen molar-refractivity contribution < 1.29 is 19.1 Å². The standard InChI is InChI=1S/C27H23ClFN5O3/c28-25-19(8-4-12-30-25)26(36)32-18-10-11-24(35)20(13-18)22-14-23(16-6-3-7-16)34(33-22)27(37)31-15-17-5-1-2-9-21(17)29/h1-2,4-5,8-14,16,35H,3,6-7,15H2,(H,31,37)(H,32,36). The molecule has 1 saturated carbocycles. The molecule has 0 atom stereocenters. The summed E-state index contributed by atoms with van der Waals surface area (Å²) < 4.78 is 15.3. The lowest BCUT2D eigenvalue weighted by molar-refractivity contribution is 0.102. The molecule has 188 valence electrons. The average Bonchev–Trinajstić information content (AvgIpc) is 3.28. The molecule has 3 N–H and O–H groups in total. The van der Waals surface area contributed by atoms with Crippen molar-refractivity contribution in [2.75, 3.05) is 5.32 Å². The molecule has 37 heavy (non-hydrogen) atoms. The van der Waals surface area contributed by atoms with Crippen LogP contribution in [-0.2, 0) is 6.54 Å². The minimum atomic E-state index is -0.494. The molecule has 1 fully saturated rings. The fourth-order valence-corrected chi connectivity index (χ4v) is 4.35. The molecule has 1 aliphatic carbocycles. The number of halogens is 2. The number of aromatic nitrogens is 3. The van der Waals surface area contributed by atoms with E-state index in [1.54, 1.807) is 48.5 Å². The van der Waals surface area contributed by atoms with Gasteiger partial charge in [0.25, 0.3) is 5.91 Å². The average molecular weight is 520 g/mol. The van der Waals surface area contributed by atoms with Crippen LogP contribution in [0.15, 0.2) is 66.9 Å². The summed E-state index contributed by atoms with van der Waals surface area (Å²) in [7, 11) is 0. The zero-order chi connectivity index (χ0) is 25.9. The van der Waals surface area contributed by atoms with Crippen LogP contribution in [0.4, 0.5) is 14.9 Å². The number of amides is 2. The molecule has 5 rings (SSSR count). The number of carbonyl (C=O) groups excluding carboxylic acids is 2. The SMILES string of the molecule is O=C(Nc1ccc(O)c(-c2cc(C3CCC3)n(C(=O)NCc3ccccc3F)n2)c1)c1cccnc1Cl. The van der Waals surface area contributed by atoms with Crippen LogP contribution in [0.3, 0.4) is 0 Å². The fraction of sp³-hybridized carbons (Fsp3) is 0.185. The van der Waals surface area contributed by atoms with E-state index >= 15 is 0 Å². The first-order chi connectivity index (χ1) is 17.9. The number of aromatic hydroxyl groups is 1. The summed E-state index contributed by atoms with van der Waals surface area (Å²) in [5, 5.41) is 20.6. The first-order valence-corrected chi connectivity index (χ1v) is 12.2. The second-order valence-electron chi connectivity index (χ2n) is 8.77. The maximum Gasteiger partial charge on any atom is 0.342 e. The third-order valence-electron chi connectivity index (χ3n) is 6.37. The smallest absolute Gasteiger partial charge is 0.342 e. The Kier molecular flexibility index (Phi) is 6.87. The van der Waals surface area contributed by atoms with Gasteiger partial charge in [0.1, 0.15) is 16.7 Å². The highest BCUT2D eigenvalue weighted by molar-refractivity contribution is 6.33. The zero-order valence-corrected chi connectivity index (χ0v) is 20.4. The normalized spacial score (nSPS) is 13.1. The molecule has 0 saturated heterocycles. The third kappa shape index (κ3) is 5.17. The van der Waals surface area contributed by atoms with Crippen LogP contribution in [0.1, 0.15) is 46.8 Å². The van der Waals surface area contributed by atoms with Gasteiger partial charge in [-0.15, -0.1) is 0 Å². The summed E-state index contributed by atoms with van der Waals surface area (Å²) in [4.78, 5) is 29.6. The summed E-state index contributed by atoms with van der Waals surface area (Å²) in [6.45, 7) is 0.00841. The van der Waals surface area contributed by atoms with E-state index in [-0.39, 0.29) is 28.9 Å². The zero-order valence-electron chi connectivity index (χ0n) is 19.6. The van der Waals surface area contributed by atoms with Crippen molar-refractivity contribution in [3.8, 4) is 17.0 Å². The van der Waals surface area contributed by atoms with Gasteiger partial charge in [-0.2, -0.15) is 9.78 Å². The van der Waals surface area contributed by atoms with Crippen molar-refractivity contribution in [1.29, 1.82) is 0 Å². The van der Waals surface area contributed by atoms with Crippen molar-refractivity contribution in [3.63, 3.8) is 0 Å². The number of pyridine rings is 1. The third-order valence-corrected chi connectivity index (χ3v) is 6.68. The van der Waals surface area contributed by atoms with Crippen molar-refractivity contribution >= 4 is 29.2 Å². The van der Waals surface area contributed by atoms with Crippen LogP contribution in [0.25, 0.3) is 11.3 Å². The maximum atomic E-state index is 14.0. The largest absolute Gasteiger partial charge is 0.507 e. The molecule has 0 unspecified atom stereocenters. The molecular weight excluding hydrogens is 497 g/mol. The van der Waals surface area contributed by atoms with Gasteiger partial charge in [-0.1, -0.05) is 36.2 Å². The Morgan fingerprint density at radius 1 is 1.11 bits per heavy atom. The molecule has 0 spiro atoms. The Morgan fingerprint density at radius 3 is 2.65 bits per heavy atom. The number of benzene rings is 2. The van der Waals surface area contributed by atoms with Gasteiger partial charge in [0.15, 0.2) is 0 Å². The highest BCUT2D eigenvalue weighted by atomic mass is 35.5. The van der Waals surface area contributed by atoms with Crippen molar-refractivity contribution in [1.82, 2.24) is 20.1 Å². The minimum Gasteiger partial charge on any atom is -0.507 e. The Morgan fingerprint density at radius 2 is 1.92 bits per heavy atom. The Bertz CT molecular complexity index is 1480. The monoisotopic (exact) mass is 519 g/mol. The van der Waals surface area contributed by atoms with Crippen LogP contribution < -0.4 is 10.6 Å². The number of hydrogen-bond acceptors (Lipinski definition) is 5. The predicted octanol–water partition coefficient (Wildman–Crippen LogP) is 5.72. The number of phenols is 1. The van der Waals surface area contributed by atoms with Gasteiger partial charge in [0.05, 0.1) is 17.0 Å². The number of nitrogens with one attached hydrogen (secondary N) is 2. The van der Waals surface area contributed by atoms with Gasteiger partial charge >= 0.3 is 6.03 Å². The molecule has 2 amide bonds. The molecule has 8 nitrogen and oxygen atoms in total. The molecule has 4 aromatic rings. The van der Waals surface area contributed by atoms with Crippen LogP contribution >= 0.6 is 11.6 Å². The van der Waals surface area contributed by atoms with Crippen LogP contribution in [0, 0.1) is 5.82 Å². The molecule has 0 bridgehead atoms. The van der Waals surface area contributed by atoms with E-state index in [2.05, 4.69) is 20.7 Å². The van der Waals surface area contributed by atoms with E-state index in [9.17, 15) is 19.1 Å². The Hall–Kier alpha value is -4.24. The first kappa shape index (κ1) is 24.5. The van der Waals surface area contributed by atoms with Crippen molar-refractivity contribution in [3.05, 3.63) is 94.7 Å². The van der Waals surface area contributed by atoms with Crippen LogP contribution in [0.5, 0.6) is 5.75 Å². The van der Waals surface area contributed by atoms with Gasteiger partial charge in [-0.3, -0.25) is 4.79 Å². The molecule has 0 radical (unpaired) electrons. The highest BCUT2D eigenvalue weighted by Crippen LogP contribution is 2.39. The van der Waals surface area contributed by atoms with Gasteiger partial charge < -0.3 is 15.7 Å². The minimum absolute atomic E-state index is 0.00841. The number of carbonyl (C=O) groups is 2. The van der Waals surface area contributed by atoms with E-state index in [1.807, 2.05) is 0 Å². The van der Waals surface area contributed by atoms with Gasteiger partial charge in [-0.25, -0.2) is 14.2 Å². The van der Waals surface area contributed by atoms with Gasteiger partial charge in [-0.05, 0) is 55.3 Å². The fourth-order valence-electron chi connectivity index (χ4n) is 4.14. The van der Waals surface area contributed by atoms with Crippen molar-refractivity contribution in [2.24, 2.45) is 0 Å². The number of phenolic OH excluding ortho intramolecular Hbond substituents is 1. The molecule has 2 aromatic heterocycles. The van der Waals surface area contributed by atoms with E-state index in [0.29, 0.717) is 28.2 Å². The molecule has 1 aliphatic rings. The van der Waals surface area contributed by atoms with Crippen molar-refractivity contribution in [2.45, 2.75) is 31.7 Å². The lowest BCUT2D eigenvalue weighted by atomic mass is 9.82. The lowest BCUT2D eigenvalue weighted by Crippen LogP contribution is -2.31. The Balaban J connectivity index is 1.42. The molecule has 0 aliphatic heterocycles. The van der Waals surface area contributed by atoms with E-state index < -0.39 is 17.8 Å². The number of rotatable bonds is 6. The predicted molar refractivity (Wildman–Crippen MR) is 137 cm³/mol. The topological polar surface area (TPSA) is 109 Å². The molecule has 2 aromatic carbocycles. The highest BCUT2D eigenvalue weighted by Gasteiger charge is 2.28. The van der Waals surface area contributed by atoms with Crippen LogP contribution in [0.2, 0.25) is 5.15 Å². The summed E-state index contributed by atoms with van der Waals surface area (Å²) in [6, 6.07) is 15.2.